The van der Waals surface area contributed by atoms with Crippen LogP contribution in [0, 0.1) is 5.92 Å². The van der Waals surface area contributed by atoms with Crippen molar-refractivity contribution in [3.05, 3.63) is 58.8 Å². The highest BCUT2D eigenvalue weighted by Crippen LogP contribution is 2.20. The average molecular weight is 377 g/mol. The third-order valence-corrected chi connectivity index (χ3v) is 3.97. The van der Waals surface area contributed by atoms with Gasteiger partial charge >= 0.3 is 0 Å². The highest BCUT2D eigenvalue weighted by molar-refractivity contribution is 9.10. The van der Waals surface area contributed by atoms with Crippen molar-refractivity contribution in [3.63, 3.8) is 0 Å². The Balaban J connectivity index is 2.07. The van der Waals surface area contributed by atoms with E-state index in [1.54, 1.807) is 24.3 Å². The standard InChI is InChI=1S/C18H21BrN2O2/c1-13(2)17(23-16-8-6-15(19)7-9-16)18(22)21(3)12-14-5-4-10-20-11-14/h4-11,13,17H,12H2,1-3H3. The monoisotopic (exact) mass is 376 g/mol. The first-order valence-corrected chi connectivity index (χ1v) is 8.33. The molecule has 1 atom stereocenters. The zero-order valence-corrected chi connectivity index (χ0v) is 15.2. The number of likely N-dealkylation sites (N-methyl/N-ethyl adjacent to an activating group) is 1. The fourth-order valence-electron chi connectivity index (χ4n) is 2.19. The molecular weight excluding hydrogens is 356 g/mol. The minimum atomic E-state index is -0.516. The van der Waals surface area contributed by atoms with Gasteiger partial charge in [0.1, 0.15) is 5.75 Å². The number of nitrogens with zero attached hydrogens (tertiary/aromatic N) is 2. The number of hydrogen-bond acceptors (Lipinski definition) is 3. The topological polar surface area (TPSA) is 42.4 Å². The van der Waals surface area contributed by atoms with Crippen LogP contribution < -0.4 is 4.74 Å². The van der Waals surface area contributed by atoms with Crippen LogP contribution >= 0.6 is 15.9 Å². The molecule has 0 aliphatic carbocycles. The molecule has 0 fully saturated rings. The molecule has 0 radical (unpaired) electrons. The van der Waals surface area contributed by atoms with Crippen LogP contribution in [0.4, 0.5) is 0 Å². The molecule has 0 saturated heterocycles. The van der Waals surface area contributed by atoms with Crippen LogP contribution in [0.3, 0.4) is 0 Å². The summed E-state index contributed by atoms with van der Waals surface area (Å²) in [5.41, 5.74) is 0.995. The first-order valence-electron chi connectivity index (χ1n) is 7.53. The third kappa shape index (κ3) is 5.06. The second-order valence-electron chi connectivity index (χ2n) is 5.79. The summed E-state index contributed by atoms with van der Waals surface area (Å²) in [4.78, 5) is 18.5. The van der Waals surface area contributed by atoms with Gasteiger partial charge in [0.2, 0.25) is 0 Å². The number of halogens is 1. The van der Waals surface area contributed by atoms with Gasteiger partial charge in [-0.25, -0.2) is 0 Å². The molecule has 0 spiro atoms. The van der Waals surface area contributed by atoms with Crippen molar-refractivity contribution in [2.75, 3.05) is 7.05 Å². The zero-order chi connectivity index (χ0) is 16.8. The second kappa shape index (κ2) is 8.11. The Morgan fingerprint density at radius 2 is 1.96 bits per heavy atom. The van der Waals surface area contributed by atoms with E-state index in [-0.39, 0.29) is 11.8 Å². The summed E-state index contributed by atoms with van der Waals surface area (Å²) in [6, 6.07) is 11.3. The Kier molecular flexibility index (Phi) is 6.16. The molecule has 1 aromatic heterocycles. The number of benzene rings is 1. The molecule has 2 aromatic rings. The molecule has 1 amide bonds. The molecule has 5 heteroatoms. The molecule has 4 nitrogen and oxygen atoms in total. The fourth-order valence-corrected chi connectivity index (χ4v) is 2.46. The van der Waals surface area contributed by atoms with Crippen LogP contribution in [0.15, 0.2) is 53.3 Å². The zero-order valence-electron chi connectivity index (χ0n) is 13.6. The van der Waals surface area contributed by atoms with Crippen LogP contribution in [0.5, 0.6) is 5.75 Å². The van der Waals surface area contributed by atoms with Crippen LogP contribution in [-0.2, 0) is 11.3 Å². The van der Waals surface area contributed by atoms with Crippen molar-refractivity contribution in [1.82, 2.24) is 9.88 Å². The molecule has 0 N–H and O–H groups in total. The summed E-state index contributed by atoms with van der Waals surface area (Å²) in [7, 11) is 1.79. The normalized spacial score (nSPS) is 12.0. The quantitative estimate of drug-likeness (QED) is 0.767. The van der Waals surface area contributed by atoms with Gasteiger partial charge in [-0.1, -0.05) is 35.8 Å². The maximum atomic E-state index is 12.7. The molecule has 0 aliphatic rings. The van der Waals surface area contributed by atoms with E-state index in [2.05, 4.69) is 20.9 Å². The maximum Gasteiger partial charge on any atom is 0.263 e. The van der Waals surface area contributed by atoms with E-state index >= 15 is 0 Å². The van der Waals surface area contributed by atoms with E-state index in [1.165, 1.54) is 0 Å². The molecule has 2 rings (SSSR count). The number of rotatable bonds is 6. The number of pyridine rings is 1. The van der Waals surface area contributed by atoms with Crippen molar-refractivity contribution in [1.29, 1.82) is 0 Å². The van der Waals surface area contributed by atoms with Crippen LogP contribution in [0.1, 0.15) is 19.4 Å². The summed E-state index contributed by atoms with van der Waals surface area (Å²) in [5, 5.41) is 0. The summed E-state index contributed by atoms with van der Waals surface area (Å²) in [5.74, 6) is 0.726. The Labute approximate surface area is 145 Å². The lowest BCUT2D eigenvalue weighted by molar-refractivity contribution is -0.139. The Bertz CT molecular complexity index is 629. The number of ether oxygens (including phenoxy) is 1. The average Bonchev–Trinajstić information content (AvgIpc) is 2.54. The van der Waals surface area contributed by atoms with Crippen LogP contribution in [-0.4, -0.2) is 28.9 Å². The molecule has 1 aromatic carbocycles. The largest absolute Gasteiger partial charge is 0.480 e. The van der Waals surface area contributed by atoms with E-state index in [4.69, 9.17) is 4.74 Å². The van der Waals surface area contributed by atoms with E-state index in [0.29, 0.717) is 12.3 Å². The molecule has 1 unspecified atom stereocenters. The third-order valence-electron chi connectivity index (χ3n) is 3.44. The first kappa shape index (κ1) is 17.5. The highest BCUT2D eigenvalue weighted by Gasteiger charge is 2.27. The lowest BCUT2D eigenvalue weighted by Gasteiger charge is -2.27. The van der Waals surface area contributed by atoms with Crippen molar-refractivity contribution in [2.24, 2.45) is 5.92 Å². The van der Waals surface area contributed by atoms with Gasteiger partial charge in [-0.05, 0) is 41.8 Å². The van der Waals surface area contributed by atoms with E-state index in [9.17, 15) is 4.79 Å². The van der Waals surface area contributed by atoms with Gasteiger partial charge < -0.3 is 9.64 Å². The fraction of sp³-hybridized carbons (Fsp3) is 0.333. The number of carbonyl (C=O) groups excluding carboxylic acids is 1. The van der Waals surface area contributed by atoms with E-state index in [0.717, 1.165) is 10.0 Å². The molecule has 122 valence electrons. The SMILES string of the molecule is CC(C)C(Oc1ccc(Br)cc1)C(=O)N(C)Cc1cccnc1. The molecule has 0 aliphatic heterocycles. The van der Waals surface area contributed by atoms with Gasteiger partial charge in [0.05, 0.1) is 0 Å². The van der Waals surface area contributed by atoms with Gasteiger partial charge in [0.25, 0.3) is 5.91 Å². The number of hydrogen-bond donors (Lipinski definition) is 0. The Hall–Kier alpha value is -1.88. The molecular formula is C18H21BrN2O2. The van der Waals surface area contributed by atoms with Gasteiger partial charge in [0, 0.05) is 30.5 Å². The lowest BCUT2D eigenvalue weighted by atomic mass is 10.1. The highest BCUT2D eigenvalue weighted by atomic mass is 79.9. The van der Waals surface area contributed by atoms with Crippen molar-refractivity contribution in [2.45, 2.75) is 26.5 Å². The number of aromatic nitrogens is 1. The van der Waals surface area contributed by atoms with Gasteiger partial charge in [-0.3, -0.25) is 9.78 Å². The molecule has 0 saturated carbocycles. The molecule has 1 heterocycles. The number of amides is 1. The minimum absolute atomic E-state index is 0.0354. The van der Waals surface area contributed by atoms with Gasteiger partial charge in [-0.15, -0.1) is 0 Å². The molecule has 0 bridgehead atoms. The van der Waals surface area contributed by atoms with Gasteiger partial charge in [0.15, 0.2) is 6.10 Å². The summed E-state index contributed by atoms with van der Waals surface area (Å²) in [6.45, 7) is 4.48. The van der Waals surface area contributed by atoms with Gasteiger partial charge in [-0.2, -0.15) is 0 Å². The lowest BCUT2D eigenvalue weighted by Crippen LogP contribution is -2.42. The Morgan fingerprint density at radius 1 is 1.26 bits per heavy atom. The molecule has 23 heavy (non-hydrogen) atoms. The van der Waals surface area contributed by atoms with Crippen molar-refractivity contribution in [3.8, 4) is 5.75 Å². The smallest absolute Gasteiger partial charge is 0.263 e. The Morgan fingerprint density at radius 3 is 2.52 bits per heavy atom. The predicted octanol–water partition coefficient (Wildman–Crippen LogP) is 3.91. The van der Waals surface area contributed by atoms with Crippen molar-refractivity contribution >= 4 is 21.8 Å². The summed E-state index contributed by atoms with van der Waals surface area (Å²) in [6.07, 6.45) is 2.97. The van der Waals surface area contributed by atoms with Crippen LogP contribution in [0.2, 0.25) is 0 Å². The van der Waals surface area contributed by atoms with Crippen molar-refractivity contribution < 1.29 is 9.53 Å². The summed E-state index contributed by atoms with van der Waals surface area (Å²) >= 11 is 3.39. The summed E-state index contributed by atoms with van der Waals surface area (Å²) < 4.78 is 6.90. The number of carbonyl (C=O) groups is 1. The van der Waals surface area contributed by atoms with E-state index < -0.39 is 6.10 Å². The predicted molar refractivity (Wildman–Crippen MR) is 94.1 cm³/mol. The second-order valence-corrected chi connectivity index (χ2v) is 6.71. The minimum Gasteiger partial charge on any atom is -0.480 e. The van der Waals surface area contributed by atoms with E-state index in [1.807, 2.05) is 50.2 Å². The first-order chi connectivity index (χ1) is 11.0. The van der Waals surface area contributed by atoms with Crippen LogP contribution in [0.25, 0.3) is 0 Å². The maximum absolute atomic E-state index is 12.7.